The predicted octanol–water partition coefficient (Wildman–Crippen LogP) is 5.92. The van der Waals surface area contributed by atoms with Gasteiger partial charge in [-0.1, -0.05) is 51.7 Å². The Hall–Kier alpha value is -1.35. The topological polar surface area (TPSA) is 32.3 Å². The number of nitrogens with zero attached hydrogens (tertiary/aromatic N) is 1. The summed E-state index contributed by atoms with van der Waals surface area (Å²) in [5, 5.41) is 3.13. The highest BCUT2D eigenvalue weighted by Crippen LogP contribution is 2.44. The molecule has 158 valence electrons. The van der Waals surface area contributed by atoms with Crippen molar-refractivity contribution in [3.8, 4) is 0 Å². The summed E-state index contributed by atoms with van der Waals surface area (Å²) in [5.41, 5.74) is 3.71. The molecule has 0 aromatic heterocycles. The van der Waals surface area contributed by atoms with Crippen molar-refractivity contribution < 1.29 is 4.79 Å². The molecule has 2 heterocycles. The Morgan fingerprint density at radius 3 is 2.69 bits per heavy atom. The van der Waals surface area contributed by atoms with E-state index in [-0.39, 0.29) is 11.8 Å². The quantitative estimate of drug-likeness (QED) is 0.690. The Balaban J connectivity index is 1.24. The van der Waals surface area contributed by atoms with Gasteiger partial charge in [-0.15, -0.1) is 0 Å². The molecule has 2 aliphatic heterocycles. The molecular weight excluding hydrogens is 356 g/mol. The average Bonchev–Trinajstić information content (AvgIpc) is 3.07. The molecule has 1 aromatic rings. The van der Waals surface area contributed by atoms with Gasteiger partial charge in [0.2, 0.25) is 5.91 Å². The lowest BCUT2D eigenvalue weighted by molar-refractivity contribution is -0.117. The lowest BCUT2D eigenvalue weighted by atomic mass is 9.68. The standard InChI is InChI=1S/C26H38N2O/c1-3-22-24-11-9-20(15-25(24)27-26(22)29)23-12-13-28(16-17(23)2)21-10-8-18-6-4-5-7-19(18)14-21/h9,11,15,17-19,21-23H,3-8,10,12-14,16H2,1-2H3,(H,27,29). The van der Waals surface area contributed by atoms with Crippen LogP contribution in [0.5, 0.6) is 0 Å². The van der Waals surface area contributed by atoms with Crippen molar-refractivity contribution in [3.05, 3.63) is 29.3 Å². The van der Waals surface area contributed by atoms with Crippen LogP contribution in [0, 0.1) is 17.8 Å². The fourth-order valence-corrected chi connectivity index (χ4v) is 7.17. The molecule has 1 saturated heterocycles. The fourth-order valence-electron chi connectivity index (χ4n) is 7.17. The molecule has 3 fully saturated rings. The molecule has 1 amide bonds. The van der Waals surface area contributed by atoms with Crippen molar-refractivity contribution in [2.75, 3.05) is 18.4 Å². The third-order valence-electron chi connectivity index (χ3n) is 8.83. The first kappa shape index (κ1) is 19.6. The first-order valence-corrected chi connectivity index (χ1v) is 12.3. The molecule has 6 atom stereocenters. The number of hydrogen-bond acceptors (Lipinski definition) is 2. The molecule has 0 spiro atoms. The van der Waals surface area contributed by atoms with Crippen LogP contribution in [-0.4, -0.2) is 29.9 Å². The zero-order valence-electron chi connectivity index (χ0n) is 18.3. The van der Waals surface area contributed by atoms with E-state index in [0.717, 1.165) is 30.0 Å². The highest BCUT2D eigenvalue weighted by Gasteiger charge is 2.38. The van der Waals surface area contributed by atoms with Gasteiger partial charge in [0.05, 0.1) is 5.92 Å². The fraction of sp³-hybridized carbons (Fsp3) is 0.731. The second-order valence-corrected chi connectivity index (χ2v) is 10.4. The van der Waals surface area contributed by atoms with Crippen LogP contribution in [0.15, 0.2) is 18.2 Å². The molecule has 0 radical (unpaired) electrons. The molecule has 3 heteroatoms. The molecule has 4 aliphatic rings. The number of carbonyl (C=O) groups excluding carboxylic acids is 1. The van der Waals surface area contributed by atoms with Gasteiger partial charge in [-0.25, -0.2) is 0 Å². The Morgan fingerprint density at radius 1 is 1.07 bits per heavy atom. The molecule has 0 bridgehead atoms. The van der Waals surface area contributed by atoms with Crippen LogP contribution in [0.4, 0.5) is 5.69 Å². The van der Waals surface area contributed by atoms with Crippen molar-refractivity contribution >= 4 is 11.6 Å². The predicted molar refractivity (Wildman–Crippen MR) is 119 cm³/mol. The summed E-state index contributed by atoms with van der Waals surface area (Å²) in [6, 6.07) is 7.65. The maximum atomic E-state index is 12.2. The third-order valence-corrected chi connectivity index (χ3v) is 8.83. The van der Waals surface area contributed by atoms with E-state index in [1.165, 1.54) is 75.6 Å². The molecule has 1 aromatic carbocycles. The smallest absolute Gasteiger partial charge is 0.231 e. The van der Waals surface area contributed by atoms with Gasteiger partial charge in [-0.2, -0.15) is 0 Å². The zero-order valence-corrected chi connectivity index (χ0v) is 18.3. The lowest BCUT2D eigenvalue weighted by Crippen LogP contribution is -2.47. The van der Waals surface area contributed by atoms with E-state index >= 15 is 0 Å². The summed E-state index contributed by atoms with van der Waals surface area (Å²) in [4.78, 5) is 15.1. The van der Waals surface area contributed by atoms with Gasteiger partial charge in [0.1, 0.15) is 0 Å². The first-order valence-electron chi connectivity index (χ1n) is 12.3. The highest BCUT2D eigenvalue weighted by molar-refractivity contribution is 6.02. The monoisotopic (exact) mass is 394 g/mol. The van der Waals surface area contributed by atoms with Crippen LogP contribution in [0.2, 0.25) is 0 Å². The van der Waals surface area contributed by atoms with Crippen LogP contribution in [0.1, 0.15) is 94.6 Å². The van der Waals surface area contributed by atoms with Crippen LogP contribution >= 0.6 is 0 Å². The molecule has 1 N–H and O–H groups in total. The number of rotatable bonds is 3. The number of nitrogens with one attached hydrogen (secondary N) is 1. The number of hydrogen-bond donors (Lipinski definition) is 1. The number of piperidine rings is 1. The van der Waals surface area contributed by atoms with E-state index in [1.807, 2.05) is 0 Å². The lowest BCUT2D eigenvalue weighted by Gasteiger charge is -2.47. The maximum absolute atomic E-state index is 12.2. The Labute approximate surface area is 176 Å². The van der Waals surface area contributed by atoms with Crippen LogP contribution in [0.25, 0.3) is 0 Å². The molecule has 5 rings (SSSR count). The summed E-state index contributed by atoms with van der Waals surface area (Å²) in [5.74, 6) is 3.60. The molecule has 2 aliphatic carbocycles. The van der Waals surface area contributed by atoms with E-state index in [0.29, 0.717) is 11.8 Å². The van der Waals surface area contributed by atoms with Crippen molar-refractivity contribution in [1.29, 1.82) is 0 Å². The Kier molecular flexibility index (Phi) is 5.45. The summed E-state index contributed by atoms with van der Waals surface area (Å²) in [7, 11) is 0. The average molecular weight is 395 g/mol. The summed E-state index contributed by atoms with van der Waals surface area (Å²) in [6.07, 6.45) is 12.5. The number of fused-ring (bicyclic) bond motifs is 2. The second-order valence-electron chi connectivity index (χ2n) is 10.4. The van der Waals surface area contributed by atoms with Gasteiger partial charge in [-0.3, -0.25) is 4.79 Å². The molecule has 6 unspecified atom stereocenters. The van der Waals surface area contributed by atoms with Crippen LogP contribution < -0.4 is 5.32 Å². The van der Waals surface area contributed by atoms with Gasteiger partial charge in [-0.05, 0) is 79.5 Å². The Morgan fingerprint density at radius 2 is 1.90 bits per heavy atom. The van der Waals surface area contributed by atoms with Crippen molar-refractivity contribution in [2.45, 2.75) is 89.5 Å². The second kappa shape index (κ2) is 8.06. The SMILES string of the molecule is CCC1C(=O)Nc2cc(C3CCN(C4CCC5CCCCC5C4)CC3C)ccc21. The van der Waals surface area contributed by atoms with E-state index in [1.54, 1.807) is 0 Å². The Bertz CT molecular complexity index is 759. The molecule has 2 saturated carbocycles. The number of amides is 1. The minimum atomic E-state index is 0.0493. The first-order chi connectivity index (χ1) is 14.1. The number of likely N-dealkylation sites (tertiary alicyclic amines) is 1. The zero-order chi connectivity index (χ0) is 20.0. The largest absolute Gasteiger partial charge is 0.325 e. The van der Waals surface area contributed by atoms with Gasteiger partial charge >= 0.3 is 0 Å². The molecule has 3 nitrogen and oxygen atoms in total. The van der Waals surface area contributed by atoms with E-state index in [4.69, 9.17) is 0 Å². The van der Waals surface area contributed by atoms with Crippen LogP contribution in [-0.2, 0) is 4.79 Å². The normalized spacial score (nSPS) is 37.7. The minimum Gasteiger partial charge on any atom is -0.325 e. The minimum absolute atomic E-state index is 0.0493. The van der Waals surface area contributed by atoms with Gasteiger partial charge in [0.15, 0.2) is 0 Å². The van der Waals surface area contributed by atoms with Gasteiger partial charge < -0.3 is 10.2 Å². The highest BCUT2D eigenvalue weighted by atomic mass is 16.2. The van der Waals surface area contributed by atoms with Gasteiger partial charge in [0, 0.05) is 18.3 Å². The van der Waals surface area contributed by atoms with Crippen LogP contribution in [0.3, 0.4) is 0 Å². The number of carbonyl (C=O) groups is 1. The van der Waals surface area contributed by atoms with E-state index in [9.17, 15) is 4.79 Å². The number of anilines is 1. The van der Waals surface area contributed by atoms with Crippen molar-refractivity contribution in [2.24, 2.45) is 17.8 Å². The van der Waals surface area contributed by atoms with Gasteiger partial charge in [0.25, 0.3) is 0 Å². The van der Waals surface area contributed by atoms with Crippen molar-refractivity contribution in [1.82, 2.24) is 4.90 Å². The molecule has 29 heavy (non-hydrogen) atoms. The summed E-state index contributed by atoms with van der Waals surface area (Å²) < 4.78 is 0. The third kappa shape index (κ3) is 3.65. The van der Waals surface area contributed by atoms with E-state index < -0.39 is 0 Å². The van der Waals surface area contributed by atoms with E-state index in [2.05, 4.69) is 42.3 Å². The van der Waals surface area contributed by atoms with Crippen molar-refractivity contribution in [3.63, 3.8) is 0 Å². The summed E-state index contributed by atoms with van der Waals surface area (Å²) in [6.45, 7) is 7.04. The maximum Gasteiger partial charge on any atom is 0.231 e. The number of benzene rings is 1. The summed E-state index contributed by atoms with van der Waals surface area (Å²) >= 11 is 0. The molecular formula is C26H38N2O.